The van der Waals surface area contributed by atoms with E-state index >= 15 is 0 Å². The summed E-state index contributed by atoms with van der Waals surface area (Å²) in [6.45, 7) is 2.35. The number of aliphatic carboxylic acids is 1. The summed E-state index contributed by atoms with van der Waals surface area (Å²) in [4.78, 5) is 18.4. The number of benzene rings is 1. The van der Waals surface area contributed by atoms with Gasteiger partial charge in [-0.05, 0) is 62.8 Å². The molecule has 1 aliphatic carbocycles. The van der Waals surface area contributed by atoms with Crippen molar-refractivity contribution in [3.05, 3.63) is 35.8 Å². The number of piperidine rings is 1. The maximum atomic E-state index is 14.7. The molecule has 6 nitrogen and oxygen atoms in total. The first-order chi connectivity index (χ1) is 16.5. The first kappa shape index (κ1) is 25.2. The fourth-order valence-electron chi connectivity index (χ4n) is 5.45. The lowest BCUT2D eigenvalue weighted by atomic mass is 9.81. The molecular formula is C26H35FN2O4S. The highest BCUT2D eigenvalue weighted by Gasteiger charge is 2.34. The quantitative estimate of drug-likeness (QED) is 0.490. The van der Waals surface area contributed by atoms with Crippen molar-refractivity contribution >= 4 is 28.6 Å². The number of hydrogen-bond acceptors (Lipinski definition) is 6. The second kappa shape index (κ2) is 11.7. The number of likely N-dealkylation sites (tertiary alicyclic amines) is 1. The Balaban J connectivity index is 1.36. The van der Waals surface area contributed by atoms with Crippen molar-refractivity contribution in [1.29, 1.82) is 0 Å². The third-order valence-corrected chi connectivity index (χ3v) is 8.79. The van der Waals surface area contributed by atoms with Gasteiger partial charge in [0.05, 0.1) is 30.8 Å². The number of pyridine rings is 1. The molecule has 0 amide bonds. The number of methoxy groups -OCH3 is 1. The highest BCUT2D eigenvalue weighted by atomic mass is 32.2. The van der Waals surface area contributed by atoms with Crippen LogP contribution in [0.25, 0.3) is 10.9 Å². The molecule has 0 radical (unpaired) electrons. The maximum absolute atomic E-state index is 14.7. The molecule has 2 fully saturated rings. The van der Waals surface area contributed by atoms with E-state index in [1.165, 1.54) is 32.8 Å². The zero-order valence-electron chi connectivity index (χ0n) is 19.8. The van der Waals surface area contributed by atoms with Gasteiger partial charge in [0, 0.05) is 35.0 Å². The molecule has 8 heteroatoms. The number of carboxylic acids is 1. The number of carboxylic acid groups (broad SMARTS) is 1. The number of fused-ring (bicyclic) bond motifs is 1. The van der Waals surface area contributed by atoms with E-state index in [2.05, 4.69) is 9.88 Å². The Kier molecular flexibility index (Phi) is 8.66. The minimum Gasteiger partial charge on any atom is -0.497 e. The molecule has 2 aromatic rings. The number of nitrogens with zero attached hydrogens (tertiary/aromatic N) is 2. The number of thioether (sulfide) groups is 1. The van der Waals surface area contributed by atoms with Crippen molar-refractivity contribution in [3.63, 3.8) is 0 Å². The van der Waals surface area contributed by atoms with Gasteiger partial charge in [-0.1, -0.05) is 12.8 Å². The number of hydrogen-bond donors (Lipinski definition) is 2. The van der Waals surface area contributed by atoms with Crippen molar-refractivity contribution in [2.45, 2.75) is 56.3 Å². The third kappa shape index (κ3) is 6.01. The number of aliphatic hydroxyl groups excluding tert-OH is 1. The zero-order valence-corrected chi connectivity index (χ0v) is 20.6. The summed E-state index contributed by atoms with van der Waals surface area (Å²) < 4.78 is 19.9. The van der Waals surface area contributed by atoms with Crippen LogP contribution in [-0.4, -0.2) is 63.8 Å². The monoisotopic (exact) mass is 490 g/mol. The SMILES string of the molecule is COc1ccc2ncc(F)c([C@H](O)CCC3CCN(CCSC4CCCC4)CC3C(=O)O)c2c1. The van der Waals surface area contributed by atoms with E-state index in [-0.39, 0.29) is 11.5 Å². The number of rotatable bonds is 10. The Morgan fingerprint density at radius 1 is 1.32 bits per heavy atom. The van der Waals surface area contributed by atoms with E-state index in [1.54, 1.807) is 18.2 Å². The fourth-order valence-corrected chi connectivity index (χ4v) is 6.81. The van der Waals surface area contributed by atoms with Gasteiger partial charge in [0.1, 0.15) is 11.6 Å². The van der Waals surface area contributed by atoms with Gasteiger partial charge < -0.3 is 19.8 Å². The highest BCUT2D eigenvalue weighted by molar-refractivity contribution is 7.99. The fraction of sp³-hybridized carbons (Fsp3) is 0.615. The predicted molar refractivity (Wildman–Crippen MR) is 133 cm³/mol. The van der Waals surface area contributed by atoms with Crippen LogP contribution >= 0.6 is 11.8 Å². The van der Waals surface area contributed by atoms with Crippen LogP contribution in [0.5, 0.6) is 5.75 Å². The van der Waals surface area contributed by atoms with Gasteiger partial charge in [-0.2, -0.15) is 11.8 Å². The van der Waals surface area contributed by atoms with E-state index in [1.807, 2.05) is 11.8 Å². The average molecular weight is 491 g/mol. The lowest BCUT2D eigenvalue weighted by Crippen LogP contribution is -2.44. The molecule has 0 bridgehead atoms. The molecule has 1 saturated heterocycles. The maximum Gasteiger partial charge on any atom is 0.308 e. The number of aliphatic hydroxyl groups is 1. The number of carbonyl (C=O) groups is 1. The summed E-state index contributed by atoms with van der Waals surface area (Å²) >= 11 is 2.03. The summed E-state index contributed by atoms with van der Waals surface area (Å²) in [7, 11) is 1.54. The first-order valence-corrected chi connectivity index (χ1v) is 13.4. The van der Waals surface area contributed by atoms with Gasteiger partial charge in [-0.25, -0.2) is 4.39 Å². The van der Waals surface area contributed by atoms with Crippen molar-refractivity contribution in [2.24, 2.45) is 11.8 Å². The Hall–Kier alpha value is -1.90. The van der Waals surface area contributed by atoms with Crippen LogP contribution in [0.15, 0.2) is 24.4 Å². The summed E-state index contributed by atoms with van der Waals surface area (Å²) in [6.07, 6.45) is 7.02. The van der Waals surface area contributed by atoms with Crippen LogP contribution in [0.1, 0.15) is 56.6 Å². The molecule has 1 saturated carbocycles. The number of aromatic nitrogens is 1. The molecule has 186 valence electrons. The summed E-state index contributed by atoms with van der Waals surface area (Å²) in [5.74, 6) is -0.209. The second-order valence-electron chi connectivity index (χ2n) is 9.57. The molecule has 0 spiro atoms. The molecule has 2 aliphatic rings. The molecule has 4 rings (SSSR count). The summed E-state index contributed by atoms with van der Waals surface area (Å²) in [5.41, 5.74) is 0.792. The van der Waals surface area contributed by atoms with Gasteiger partial charge in [0.25, 0.3) is 0 Å². The van der Waals surface area contributed by atoms with Crippen LogP contribution in [-0.2, 0) is 4.79 Å². The van der Waals surface area contributed by atoms with Crippen LogP contribution in [0.3, 0.4) is 0 Å². The topological polar surface area (TPSA) is 82.9 Å². The zero-order chi connectivity index (χ0) is 24.1. The Morgan fingerprint density at radius 3 is 2.85 bits per heavy atom. The molecule has 2 N–H and O–H groups in total. The smallest absolute Gasteiger partial charge is 0.308 e. The lowest BCUT2D eigenvalue weighted by molar-refractivity contribution is -0.146. The second-order valence-corrected chi connectivity index (χ2v) is 11.0. The average Bonchev–Trinajstić information content (AvgIpc) is 3.36. The van der Waals surface area contributed by atoms with Crippen molar-refractivity contribution in [3.8, 4) is 5.75 Å². The van der Waals surface area contributed by atoms with Crippen molar-refractivity contribution in [2.75, 3.05) is 32.5 Å². The van der Waals surface area contributed by atoms with E-state index in [0.29, 0.717) is 36.0 Å². The van der Waals surface area contributed by atoms with E-state index in [0.717, 1.165) is 36.7 Å². The van der Waals surface area contributed by atoms with E-state index < -0.39 is 23.8 Å². The van der Waals surface area contributed by atoms with Gasteiger partial charge in [-0.3, -0.25) is 9.78 Å². The lowest BCUT2D eigenvalue weighted by Gasteiger charge is -2.37. The van der Waals surface area contributed by atoms with E-state index in [4.69, 9.17) is 4.74 Å². The largest absolute Gasteiger partial charge is 0.497 e. The molecule has 1 aliphatic heterocycles. The van der Waals surface area contributed by atoms with Crippen LogP contribution in [0, 0.1) is 17.7 Å². The standard InChI is InChI=1S/C26H35FN2O4S/c1-33-18-7-8-23-20(14-18)25(22(27)15-28-23)24(30)9-6-17-10-11-29(16-21(17)26(31)32)12-13-34-19-4-2-3-5-19/h7-8,14-15,17,19,21,24,30H,2-6,9-13,16H2,1H3,(H,31,32)/t17?,21?,24-/m1/s1. The predicted octanol–water partition coefficient (Wildman–Crippen LogP) is 4.89. The van der Waals surface area contributed by atoms with Gasteiger partial charge >= 0.3 is 5.97 Å². The van der Waals surface area contributed by atoms with Gasteiger partial charge in [0.2, 0.25) is 0 Å². The first-order valence-electron chi connectivity index (χ1n) is 12.3. The molecule has 1 aromatic heterocycles. The Bertz CT molecular complexity index is 985. The Morgan fingerprint density at radius 2 is 2.12 bits per heavy atom. The summed E-state index contributed by atoms with van der Waals surface area (Å²) in [5, 5.41) is 22.1. The molecule has 34 heavy (non-hydrogen) atoms. The van der Waals surface area contributed by atoms with Crippen LogP contribution < -0.4 is 4.74 Å². The molecule has 2 unspecified atom stereocenters. The highest BCUT2D eigenvalue weighted by Crippen LogP contribution is 2.35. The number of halogens is 1. The van der Waals surface area contributed by atoms with Gasteiger partial charge in [0.15, 0.2) is 0 Å². The van der Waals surface area contributed by atoms with Crippen molar-refractivity contribution in [1.82, 2.24) is 9.88 Å². The van der Waals surface area contributed by atoms with E-state index in [9.17, 15) is 19.4 Å². The molecule has 1 aromatic carbocycles. The van der Waals surface area contributed by atoms with Crippen molar-refractivity contribution < 1.29 is 24.1 Å². The summed E-state index contributed by atoms with van der Waals surface area (Å²) in [6, 6.07) is 5.18. The molecule has 2 heterocycles. The van der Waals surface area contributed by atoms with Crippen LogP contribution in [0.2, 0.25) is 0 Å². The normalized spacial score (nSPS) is 22.8. The Labute approximate surface area is 204 Å². The van der Waals surface area contributed by atoms with Crippen LogP contribution in [0.4, 0.5) is 4.39 Å². The minimum atomic E-state index is -1.03. The number of ether oxygens (including phenoxy) is 1. The molecular weight excluding hydrogens is 455 g/mol. The molecule has 3 atom stereocenters. The minimum absolute atomic E-state index is 0.0309. The van der Waals surface area contributed by atoms with Gasteiger partial charge in [-0.15, -0.1) is 0 Å². The third-order valence-electron chi connectivity index (χ3n) is 7.43.